The Balaban J connectivity index is 2.48. The molecule has 2 heterocycles. The lowest BCUT2D eigenvalue weighted by Gasteiger charge is -2.12. The molecule has 0 amide bonds. The molecule has 0 aromatic carbocycles. The molecule has 20 heavy (non-hydrogen) atoms. The Labute approximate surface area is 120 Å². The smallest absolute Gasteiger partial charge is 0.162 e. The standard InChI is InChI=1S/C15H23N5/c1-6-8-16-14-10(3)15(18-9-17-14)20-12(5)13(7-2)11(4)19-20/h9H,6-8H2,1-5H3,(H,16,17,18). The van der Waals surface area contributed by atoms with Crippen molar-refractivity contribution in [3.63, 3.8) is 0 Å². The highest BCUT2D eigenvalue weighted by Crippen LogP contribution is 2.22. The van der Waals surface area contributed by atoms with Crippen molar-refractivity contribution in [3.8, 4) is 5.82 Å². The van der Waals surface area contributed by atoms with Crippen LogP contribution in [0.25, 0.3) is 5.82 Å². The van der Waals surface area contributed by atoms with Crippen molar-refractivity contribution < 1.29 is 0 Å². The number of hydrogen-bond acceptors (Lipinski definition) is 4. The van der Waals surface area contributed by atoms with Crippen molar-refractivity contribution in [2.75, 3.05) is 11.9 Å². The molecule has 0 saturated heterocycles. The number of anilines is 1. The fourth-order valence-corrected chi connectivity index (χ4v) is 2.47. The molecule has 1 N–H and O–H groups in total. The second kappa shape index (κ2) is 6.03. The Bertz CT molecular complexity index is 601. The van der Waals surface area contributed by atoms with Crippen LogP contribution in [0.3, 0.4) is 0 Å². The van der Waals surface area contributed by atoms with Crippen LogP contribution in [0.1, 0.15) is 42.8 Å². The summed E-state index contributed by atoms with van der Waals surface area (Å²) in [6.45, 7) is 11.4. The van der Waals surface area contributed by atoms with Crippen molar-refractivity contribution in [2.24, 2.45) is 0 Å². The number of hydrogen-bond donors (Lipinski definition) is 1. The van der Waals surface area contributed by atoms with Crippen molar-refractivity contribution in [3.05, 3.63) is 28.8 Å². The van der Waals surface area contributed by atoms with Crippen molar-refractivity contribution in [1.29, 1.82) is 0 Å². The normalized spacial score (nSPS) is 10.8. The van der Waals surface area contributed by atoms with E-state index in [0.29, 0.717) is 0 Å². The van der Waals surface area contributed by atoms with E-state index in [9.17, 15) is 0 Å². The van der Waals surface area contributed by atoms with E-state index in [2.05, 4.69) is 48.1 Å². The van der Waals surface area contributed by atoms with Crippen LogP contribution in [0, 0.1) is 20.8 Å². The lowest BCUT2D eigenvalue weighted by atomic mass is 10.1. The van der Waals surface area contributed by atoms with Gasteiger partial charge >= 0.3 is 0 Å². The van der Waals surface area contributed by atoms with Crippen molar-refractivity contribution >= 4 is 5.82 Å². The first kappa shape index (κ1) is 14.5. The van der Waals surface area contributed by atoms with Crippen LogP contribution in [0.4, 0.5) is 5.82 Å². The van der Waals surface area contributed by atoms with E-state index in [-0.39, 0.29) is 0 Å². The number of nitrogens with one attached hydrogen (secondary N) is 1. The van der Waals surface area contributed by atoms with Crippen LogP contribution < -0.4 is 5.32 Å². The lowest BCUT2D eigenvalue weighted by molar-refractivity contribution is 0.791. The van der Waals surface area contributed by atoms with Crippen LogP contribution in [0.5, 0.6) is 0 Å². The lowest BCUT2D eigenvalue weighted by Crippen LogP contribution is -2.10. The highest BCUT2D eigenvalue weighted by atomic mass is 15.3. The maximum absolute atomic E-state index is 4.63. The van der Waals surface area contributed by atoms with Gasteiger partial charge in [-0.15, -0.1) is 0 Å². The van der Waals surface area contributed by atoms with E-state index in [0.717, 1.165) is 48.0 Å². The third-order valence-electron chi connectivity index (χ3n) is 3.60. The third kappa shape index (κ3) is 2.53. The fraction of sp³-hybridized carbons (Fsp3) is 0.533. The Morgan fingerprint density at radius 2 is 1.90 bits per heavy atom. The molecule has 108 valence electrons. The maximum atomic E-state index is 4.63. The molecule has 0 unspecified atom stereocenters. The molecule has 0 atom stereocenters. The van der Waals surface area contributed by atoms with Gasteiger partial charge in [0, 0.05) is 17.8 Å². The summed E-state index contributed by atoms with van der Waals surface area (Å²) in [7, 11) is 0. The van der Waals surface area contributed by atoms with Gasteiger partial charge in [-0.05, 0) is 39.2 Å². The van der Waals surface area contributed by atoms with Gasteiger partial charge in [0.05, 0.1) is 5.69 Å². The minimum atomic E-state index is 0.860. The Kier molecular flexibility index (Phi) is 4.37. The first-order valence-electron chi connectivity index (χ1n) is 7.21. The summed E-state index contributed by atoms with van der Waals surface area (Å²) < 4.78 is 1.93. The predicted octanol–water partition coefficient (Wildman–Crippen LogP) is 2.97. The third-order valence-corrected chi connectivity index (χ3v) is 3.60. The van der Waals surface area contributed by atoms with Crippen LogP contribution in [-0.2, 0) is 6.42 Å². The highest BCUT2D eigenvalue weighted by molar-refractivity contribution is 5.51. The molecule has 0 aliphatic carbocycles. The highest BCUT2D eigenvalue weighted by Gasteiger charge is 2.15. The summed E-state index contributed by atoms with van der Waals surface area (Å²) in [6, 6.07) is 0. The summed E-state index contributed by atoms with van der Waals surface area (Å²) in [5, 5.41) is 7.97. The van der Waals surface area contributed by atoms with Gasteiger partial charge in [0.25, 0.3) is 0 Å². The fourth-order valence-electron chi connectivity index (χ4n) is 2.47. The molecule has 5 nitrogen and oxygen atoms in total. The maximum Gasteiger partial charge on any atom is 0.162 e. The van der Waals surface area contributed by atoms with E-state index >= 15 is 0 Å². The van der Waals surface area contributed by atoms with Gasteiger partial charge in [0.1, 0.15) is 12.1 Å². The average molecular weight is 273 g/mol. The van der Waals surface area contributed by atoms with Gasteiger partial charge in [-0.3, -0.25) is 0 Å². The first-order valence-corrected chi connectivity index (χ1v) is 7.21. The number of nitrogens with zero attached hydrogens (tertiary/aromatic N) is 4. The van der Waals surface area contributed by atoms with Crippen molar-refractivity contribution in [1.82, 2.24) is 19.7 Å². The van der Waals surface area contributed by atoms with Crippen LogP contribution in [0.2, 0.25) is 0 Å². The zero-order chi connectivity index (χ0) is 14.7. The zero-order valence-corrected chi connectivity index (χ0v) is 13.0. The van der Waals surface area contributed by atoms with Crippen LogP contribution >= 0.6 is 0 Å². The monoisotopic (exact) mass is 273 g/mol. The van der Waals surface area contributed by atoms with Gasteiger partial charge in [0.15, 0.2) is 5.82 Å². The Morgan fingerprint density at radius 3 is 2.50 bits per heavy atom. The quantitative estimate of drug-likeness (QED) is 0.910. The summed E-state index contributed by atoms with van der Waals surface area (Å²) >= 11 is 0. The molecule has 0 aliphatic heterocycles. The summed E-state index contributed by atoms with van der Waals surface area (Å²) in [4.78, 5) is 8.73. The summed E-state index contributed by atoms with van der Waals surface area (Å²) in [5.74, 6) is 1.75. The second-order valence-electron chi connectivity index (χ2n) is 5.01. The topological polar surface area (TPSA) is 55.6 Å². The molecule has 0 saturated carbocycles. The van der Waals surface area contributed by atoms with Crippen molar-refractivity contribution in [2.45, 2.75) is 47.5 Å². The van der Waals surface area contributed by atoms with Gasteiger partial charge in [-0.2, -0.15) is 5.10 Å². The largest absolute Gasteiger partial charge is 0.370 e. The van der Waals surface area contributed by atoms with Gasteiger partial charge in [0.2, 0.25) is 0 Å². The predicted molar refractivity (Wildman–Crippen MR) is 81.5 cm³/mol. The molecule has 2 rings (SSSR count). The SMILES string of the molecule is CCCNc1ncnc(-n2nc(C)c(CC)c2C)c1C. The number of rotatable bonds is 5. The minimum Gasteiger partial charge on any atom is -0.370 e. The van der Waals surface area contributed by atoms with Gasteiger partial charge in [-0.25, -0.2) is 14.6 Å². The van der Waals surface area contributed by atoms with E-state index in [4.69, 9.17) is 0 Å². The Hall–Kier alpha value is -1.91. The van der Waals surface area contributed by atoms with Crippen LogP contribution in [0.15, 0.2) is 6.33 Å². The number of aromatic nitrogens is 4. The summed E-state index contributed by atoms with van der Waals surface area (Å²) in [5.41, 5.74) is 4.57. The van der Waals surface area contributed by atoms with Crippen LogP contribution in [-0.4, -0.2) is 26.3 Å². The van der Waals surface area contributed by atoms with E-state index in [1.54, 1.807) is 6.33 Å². The Morgan fingerprint density at radius 1 is 1.15 bits per heavy atom. The van der Waals surface area contributed by atoms with Gasteiger partial charge < -0.3 is 5.32 Å². The molecule has 0 spiro atoms. The van der Waals surface area contributed by atoms with Gasteiger partial charge in [-0.1, -0.05) is 13.8 Å². The molecule has 2 aromatic heterocycles. The molecule has 2 aromatic rings. The van der Waals surface area contributed by atoms with E-state index in [1.165, 1.54) is 5.56 Å². The molecule has 0 aliphatic rings. The zero-order valence-electron chi connectivity index (χ0n) is 13.0. The summed E-state index contributed by atoms with van der Waals surface area (Å²) in [6.07, 6.45) is 3.66. The van der Waals surface area contributed by atoms with E-state index in [1.807, 2.05) is 11.6 Å². The molecule has 0 radical (unpaired) electrons. The average Bonchev–Trinajstić information content (AvgIpc) is 2.72. The molecule has 5 heteroatoms. The second-order valence-corrected chi connectivity index (χ2v) is 5.01. The molecular weight excluding hydrogens is 250 g/mol. The minimum absolute atomic E-state index is 0.860. The molecule has 0 fully saturated rings. The number of aryl methyl sites for hydroxylation is 1. The molecular formula is C15H23N5. The van der Waals surface area contributed by atoms with E-state index < -0.39 is 0 Å². The first-order chi connectivity index (χ1) is 9.60. The molecule has 0 bridgehead atoms.